The summed E-state index contributed by atoms with van der Waals surface area (Å²) in [7, 11) is 0. The van der Waals surface area contributed by atoms with Gasteiger partial charge in [-0.3, -0.25) is 14.4 Å². The maximum absolute atomic E-state index is 14.3. The van der Waals surface area contributed by atoms with E-state index in [1.165, 1.54) is 0 Å². The van der Waals surface area contributed by atoms with E-state index in [1.54, 1.807) is 42.5 Å². The highest BCUT2D eigenvalue weighted by molar-refractivity contribution is 6.11. The number of aryl methyl sites for hydroxylation is 1. The lowest BCUT2D eigenvalue weighted by Gasteiger charge is -2.24. The summed E-state index contributed by atoms with van der Waals surface area (Å²) < 4.78 is 0. The molecular weight excluding hydrogens is 554 g/mol. The SMILES string of the molecule is Cc1ccc(C[C@H](CC(=O)[C@@H](NOC(=O)c2ccccc2)C(C)C)C(=O)C2=C[C@]3(C[C@H]2C#N)C(=O)Nc2ccccc23)cc1. The molecule has 1 aliphatic carbocycles. The number of nitriles is 1. The second-order valence-corrected chi connectivity index (χ2v) is 12.0. The van der Waals surface area contributed by atoms with Gasteiger partial charge in [-0.15, -0.1) is 5.48 Å². The summed E-state index contributed by atoms with van der Waals surface area (Å²) in [4.78, 5) is 59.2. The van der Waals surface area contributed by atoms with Crippen molar-refractivity contribution < 1.29 is 24.0 Å². The first-order valence-electron chi connectivity index (χ1n) is 14.8. The summed E-state index contributed by atoms with van der Waals surface area (Å²) in [6.07, 6.45) is 1.93. The molecule has 1 heterocycles. The highest BCUT2D eigenvalue weighted by Gasteiger charge is 2.52. The van der Waals surface area contributed by atoms with Gasteiger partial charge in [-0.25, -0.2) is 4.79 Å². The van der Waals surface area contributed by atoms with Crippen LogP contribution in [0.3, 0.4) is 0 Å². The maximum Gasteiger partial charge on any atom is 0.356 e. The Hall–Kier alpha value is -4.87. The van der Waals surface area contributed by atoms with E-state index in [1.807, 2.05) is 63.2 Å². The number of rotatable bonds is 11. The van der Waals surface area contributed by atoms with Gasteiger partial charge >= 0.3 is 5.97 Å². The fraction of sp³-hybridized carbons (Fsp3) is 0.306. The van der Waals surface area contributed by atoms with E-state index in [9.17, 15) is 24.4 Å². The number of nitrogens with one attached hydrogen (secondary N) is 2. The molecule has 0 radical (unpaired) electrons. The van der Waals surface area contributed by atoms with Crippen LogP contribution < -0.4 is 10.8 Å². The molecule has 3 aromatic carbocycles. The van der Waals surface area contributed by atoms with E-state index in [2.05, 4.69) is 16.9 Å². The quantitative estimate of drug-likeness (QED) is 0.286. The predicted molar refractivity (Wildman–Crippen MR) is 165 cm³/mol. The number of hydroxylamine groups is 1. The number of ketones is 2. The standard InChI is InChI=1S/C36H35N3O5/c1-22(2)32(39-44-34(42)25-9-5-4-6-10-25)31(40)18-26(17-24-15-13-23(3)14-16-24)33(41)28-20-36(19-27(28)21-37)29-11-7-8-12-30(29)38-35(36)43/h4-16,20,22,26-27,32,39H,17-19H2,1-3H3,(H,38,43)/t26-,27+,32+,36+/m1/s1. The van der Waals surface area contributed by atoms with Gasteiger partial charge in [0.1, 0.15) is 6.04 Å². The summed E-state index contributed by atoms with van der Waals surface area (Å²) in [5.74, 6) is -3.36. The summed E-state index contributed by atoms with van der Waals surface area (Å²) in [6, 6.07) is 24.9. The molecule has 224 valence electrons. The van der Waals surface area contributed by atoms with Gasteiger partial charge in [0.15, 0.2) is 11.6 Å². The Morgan fingerprint density at radius 2 is 1.70 bits per heavy atom. The van der Waals surface area contributed by atoms with Crippen LogP contribution in [0.2, 0.25) is 0 Å². The molecule has 8 heteroatoms. The number of allylic oxidation sites excluding steroid dienone is 1. The Kier molecular flexibility index (Phi) is 8.88. The minimum absolute atomic E-state index is 0.142. The molecule has 0 saturated heterocycles. The van der Waals surface area contributed by atoms with Gasteiger partial charge < -0.3 is 10.2 Å². The van der Waals surface area contributed by atoms with Crippen molar-refractivity contribution in [2.45, 2.75) is 51.5 Å². The van der Waals surface area contributed by atoms with E-state index < -0.39 is 29.3 Å². The third-order valence-electron chi connectivity index (χ3n) is 8.53. The third-order valence-corrected chi connectivity index (χ3v) is 8.53. The van der Waals surface area contributed by atoms with Crippen molar-refractivity contribution >= 4 is 29.1 Å². The molecule has 4 atom stereocenters. The zero-order chi connectivity index (χ0) is 31.4. The highest BCUT2D eigenvalue weighted by atomic mass is 16.7. The molecule has 8 nitrogen and oxygen atoms in total. The van der Waals surface area contributed by atoms with Gasteiger partial charge in [0.05, 0.1) is 23.0 Å². The topological polar surface area (TPSA) is 125 Å². The van der Waals surface area contributed by atoms with Crippen molar-refractivity contribution in [2.24, 2.45) is 17.8 Å². The second-order valence-electron chi connectivity index (χ2n) is 12.0. The van der Waals surface area contributed by atoms with Crippen molar-refractivity contribution in [1.29, 1.82) is 5.26 Å². The fourth-order valence-electron chi connectivity index (χ4n) is 6.09. The van der Waals surface area contributed by atoms with Crippen LogP contribution in [0.15, 0.2) is 90.5 Å². The Morgan fingerprint density at radius 3 is 2.39 bits per heavy atom. The van der Waals surface area contributed by atoms with E-state index >= 15 is 0 Å². The molecule has 3 aromatic rings. The van der Waals surface area contributed by atoms with E-state index in [0.29, 0.717) is 11.3 Å². The first kappa shape index (κ1) is 30.6. The summed E-state index contributed by atoms with van der Waals surface area (Å²) in [5.41, 5.74) is 5.47. The van der Waals surface area contributed by atoms with E-state index in [0.717, 1.165) is 16.7 Å². The average molecular weight is 590 g/mol. The van der Waals surface area contributed by atoms with E-state index in [-0.39, 0.29) is 48.2 Å². The highest BCUT2D eigenvalue weighted by Crippen LogP contribution is 2.50. The first-order chi connectivity index (χ1) is 21.1. The monoisotopic (exact) mass is 589 g/mol. The molecule has 44 heavy (non-hydrogen) atoms. The van der Waals surface area contributed by atoms with Gasteiger partial charge in [-0.05, 0) is 55.0 Å². The molecular formula is C36H35N3O5. The zero-order valence-electron chi connectivity index (χ0n) is 25.0. The first-order valence-corrected chi connectivity index (χ1v) is 14.8. The lowest BCUT2D eigenvalue weighted by Crippen LogP contribution is -2.43. The predicted octanol–water partition coefficient (Wildman–Crippen LogP) is 5.43. The number of hydrogen-bond acceptors (Lipinski definition) is 7. The summed E-state index contributed by atoms with van der Waals surface area (Å²) >= 11 is 0. The minimum atomic E-state index is -1.12. The molecule has 0 unspecified atom stereocenters. The molecule has 0 bridgehead atoms. The molecule has 2 aliphatic rings. The maximum atomic E-state index is 14.3. The van der Waals surface area contributed by atoms with Crippen molar-refractivity contribution in [2.75, 3.05) is 5.32 Å². The number of amides is 1. The van der Waals surface area contributed by atoms with Crippen LogP contribution >= 0.6 is 0 Å². The largest absolute Gasteiger partial charge is 0.366 e. The van der Waals surface area contributed by atoms with Crippen molar-refractivity contribution in [3.05, 3.63) is 113 Å². The smallest absolute Gasteiger partial charge is 0.356 e. The average Bonchev–Trinajstić information content (AvgIpc) is 3.55. The number of benzene rings is 3. The summed E-state index contributed by atoms with van der Waals surface area (Å²) in [5, 5.41) is 13.0. The molecule has 1 aliphatic heterocycles. The van der Waals surface area contributed by atoms with Gasteiger partial charge in [0.2, 0.25) is 5.91 Å². The molecule has 0 saturated carbocycles. The number of carbonyl (C=O) groups excluding carboxylic acids is 4. The lowest BCUT2D eigenvalue weighted by atomic mass is 9.80. The molecule has 2 N–H and O–H groups in total. The Labute approximate surface area is 257 Å². The number of anilines is 1. The number of Topliss-reactive ketones (excluding diaryl/α,β-unsaturated/α-hetero) is 2. The van der Waals surface area contributed by atoms with Crippen molar-refractivity contribution in [1.82, 2.24) is 5.48 Å². The molecule has 1 amide bonds. The normalized spacial score (nSPS) is 19.9. The van der Waals surface area contributed by atoms with E-state index in [4.69, 9.17) is 4.84 Å². The van der Waals surface area contributed by atoms with Gasteiger partial charge in [-0.1, -0.05) is 86.2 Å². The summed E-state index contributed by atoms with van der Waals surface area (Å²) in [6.45, 7) is 5.62. The van der Waals surface area contributed by atoms with Crippen molar-refractivity contribution in [3.8, 4) is 6.07 Å². The van der Waals surface area contributed by atoms with Crippen LogP contribution in [-0.2, 0) is 31.1 Å². The number of fused-ring (bicyclic) bond motifs is 2. The molecule has 0 fully saturated rings. The van der Waals surface area contributed by atoms with Gasteiger partial charge in [-0.2, -0.15) is 5.26 Å². The molecule has 5 rings (SSSR count). The van der Waals surface area contributed by atoms with Crippen LogP contribution in [0.1, 0.15) is 53.7 Å². The minimum Gasteiger partial charge on any atom is -0.366 e. The Bertz CT molecular complexity index is 1650. The fourth-order valence-corrected chi connectivity index (χ4v) is 6.09. The second kappa shape index (κ2) is 12.8. The van der Waals surface area contributed by atoms with Crippen LogP contribution in [0.25, 0.3) is 0 Å². The van der Waals surface area contributed by atoms with Crippen LogP contribution in [-0.4, -0.2) is 29.5 Å². The molecule has 0 aromatic heterocycles. The lowest BCUT2D eigenvalue weighted by molar-refractivity contribution is -0.130. The Morgan fingerprint density at radius 1 is 1.02 bits per heavy atom. The van der Waals surface area contributed by atoms with Gasteiger partial charge in [0.25, 0.3) is 0 Å². The zero-order valence-corrected chi connectivity index (χ0v) is 25.0. The number of hydrogen-bond donors (Lipinski definition) is 2. The van der Waals surface area contributed by atoms with Crippen LogP contribution in [0, 0.1) is 36.0 Å². The molecule has 1 spiro atoms. The third kappa shape index (κ3) is 6.10. The number of para-hydroxylation sites is 1. The van der Waals surface area contributed by atoms with Gasteiger partial charge in [0, 0.05) is 23.6 Å². The Balaban J connectivity index is 1.43. The van der Waals surface area contributed by atoms with Crippen LogP contribution in [0.4, 0.5) is 5.69 Å². The number of nitrogens with zero attached hydrogens (tertiary/aromatic N) is 1. The van der Waals surface area contributed by atoms with Crippen LogP contribution in [0.5, 0.6) is 0 Å². The number of carbonyl (C=O) groups is 4. The van der Waals surface area contributed by atoms with Crippen molar-refractivity contribution in [3.63, 3.8) is 0 Å².